The van der Waals surface area contributed by atoms with Gasteiger partial charge in [-0.15, -0.1) is 0 Å². The van der Waals surface area contributed by atoms with E-state index in [1.165, 1.54) is 16.7 Å². The van der Waals surface area contributed by atoms with Gasteiger partial charge in [0.25, 0.3) is 0 Å². The van der Waals surface area contributed by atoms with E-state index in [2.05, 4.69) is 40.1 Å². The summed E-state index contributed by atoms with van der Waals surface area (Å²) in [6.07, 6.45) is 1.32. The first kappa shape index (κ1) is 22.9. The van der Waals surface area contributed by atoms with Gasteiger partial charge in [0.05, 0.1) is 19.3 Å². The van der Waals surface area contributed by atoms with Gasteiger partial charge in [0, 0.05) is 45.7 Å². The first-order valence-electron chi connectivity index (χ1n) is 11.7. The average molecular weight is 439 g/mol. The summed E-state index contributed by atoms with van der Waals surface area (Å²) in [5.74, 6) is 0.739. The Hall–Kier alpha value is -2.25. The monoisotopic (exact) mass is 438 g/mol. The molecule has 172 valence electrons. The van der Waals surface area contributed by atoms with Gasteiger partial charge in [-0.3, -0.25) is 14.6 Å². The second-order valence-electron chi connectivity index (χ2n) is 8.81. The summed E-state index contributed by atoms with van der Waals surface area (Å²) >= 11 is 0. The van der Waals surface area contributed by atoms with E-state index in [4.69, 9.17) is 9.47 Å². The smallest absolute Gasteiger partial charge is 0.170 e. The van der Waals surface area contributed by atoms with Crippen molar-refractivity contribution in [2.24, 2.45) is 0 Å². The van der Waals surface area contributed by atoms with Crippen molar-refractivity contribution in [1.82, 2.24) is 9.80 Å². The number of hydrogen-bond donors (Lipinski definition) is 1. The van der Waals surface area contributed by atoms with Crippen molar-refractivity contribution < 1.29 is 19.4 Å². The third-order valence-corrected chi connectivity index (χ3v) is 6.24. The normalized spacial score (nSPS) is 18.2. The summed E-state index contributed by atoms with van der Waals surface area (Å²) in [7, 11) is 0. The summed E-state index contributed by atoms with van der Waals surface area (Å²) in [6.45, 7) is 6.77. The van der Waals surface area contributed by atoms with Gasteiger partial charge in [-0.1, -0.05) is 36.4 Å². The van der Waals surface area contributed by atoms with Crippen LogP contribution in [-0.2, 0) is 29.0 Å². The Labute approximate surface area is 190 Å². The first-order valence-corrected chi connectivity index (χ1v) is 11.7. The van der Waals surface area contributed by atoms with E-state index in [9.17, 15) is 9.90 Å². The first-order chi connectivity index (χ1) is 15.7. The Bertz CT molecular complexity index is 882. The van der Waals surface area contributed by atoms with Crippen LogP contribution in [0.3, 0.4) is 0 Å². The molecule has 2 aromatic carbocycles. The number of carbonyl (C=O) groups is 1. The minimum absolute atomic E-state index is 0.0200. The molecule has 0 aliphatic carbocycles. The van der Waals surface area contributed by atoms with E-state index in [0.717, 1.165) is 58.1 Å². The summed E-state index contributed by atoms with van der Waals surface area (Å²) < 4.78 is 11.1. The van der Waals surface area contributed by atoms with Gasteiger partial charge in [-0.05, 0) is 41.7 Å². The van der Waals surface area contributed by atoms with E-state index >= 15 is 0 Å². The van der Waals surface area contributed by atoms with Crippen molar-refractivity contribution in [3.05, 3.63) is 65.2 Å². The van der Waals surface area contributed by atoms with Crippen molar-refractivity contribution in [2.75, 3.05) is 46.0 Å². The molecule has 1 unspecified atom stereocenters. The largest absolute Gasteiger partial charge is 0.486 e. The third-order valence-electron chi connectivity index (χ3n) is 6.24. The quantitative estimate of drug-likeness (QED) is 0.616. The fraction of sp³-hybridized carbons (Fsp3) is 0.500. The summed E-state index contributed by atoms with van der Waals surface area (Å²) in [5, 5.41) is 10.4. The van der Waals surface area contributed by atoms with Crippen LogP contribution in [0.15, 0.2) is 48.5 Å². The van der Waals surface area contributed by atoms with Crippen LogP contribution in [-0.4, -0.2) is 72.8 Å². The number of β-amino-alcohol motifs (C(OH)–C–C–N with tert-alkyl or cyclic N) is 1. The highest BCUT2D eigenvalue weighted by Crippen LogP contribution is 2.19. The number of benzene rings is 2. The van der Waals surface area contributed by atoms with Crippen LogP contribution < -0.4 is 4.74 Å². The number of Topliss-reactive ketones (excluding diaryl/α,β-unsaturated/α-hetero) is 1. The molecule has 2 aliphatic rings. The van der Waals surface area contributed by atoms with Crippen LogP contribution in [0.5, 0.6) is 5.75 Å². The zero-order valence-corrected chi connectivity index (χ0v) is 18.7. The summed E-state index contributed by atoms with van der Waals surface area (Å²) in [5.41, 5.74) is 3.92. The molecular weight excluding hydrogens is 404 g/mol. The molecule has 2 aliphatic heterocycles. The predicted molar refractivity (Wildman–Crippen MR) is 124 cm³/mol. The van der Waals surface area contributed by atoms with Crippen molar-refractivity contribution in [2.45, 2.75) is 38.5 Å². The molecule has 1 fully saturated rings. The van der Waals surface area contributed by atoms with Crippen LogP contribution in [0.1, 0.15) is 29.5 Å². The van der Waals surface area contributed by atoms with E-state index in [-0.39, 0.29) is 12.4 Å². The van der Waals surface area contributed by atoms with Gasteiger partial charge in [0.2, 0.25) is 0 Å². The number of rotatable bonds is 10. The second-order valence-corrected chi connectivity index (χ2v) is 8.81. The molecule has 0 bridgehead atoms. The van der Waals surface area contributed by atoms with E-state index in [1.807, 2.05) is 18.2 Å². The van der Waals surface area contributed by atoms with Gasteiger partial charge in [0.15, 0.2) is 5.78 Å². The van der Waals surface area contributed by atoms with Gasteiger partial charge in [-0.2, -0.15) is 0 Å². The van der Waals surface area contributed by atoms with Gasteiger partial charge >= 0.3 is 0 Å². The van der Waals surface area contributed by atoms with Crippen LogP contribution in [0.2, 0.25) is 0 Å². The molecule has 1 N–H and O–H groups in total. The lowest BCUT2D eigenvalue weighted by Crippen LogP contribution is -2.36. The maximum atomic E-state index is 12.3. The number of morpholine rings is 1. The fourth-order valence-electron chi connectivity index (χ4n) is 4.41. The molecule has 2 heterocycles. The van der Waals surface area contributed by atoms with Crippen LogP contribution in [0.25, 0.3) is 0 Å². The van der Waals surface area contributed by atoms with Gasteiger partial charge < -0.3 is 14.6 Å². The zero-order chi connectivity index (χ0) is 22.2. The molecule has 6 heteroatoms. The number of carbonyl (C=O) groups excluding carboxylic acids is 1. The zero-order valence-electron chi connectivity index (χ0n) is 18.7. The molecule has 1 atom stereocenters. The average Bonchev–Trinajstić information content (AvgIpc) is 2.82. The van der Waals surface area contributed by atoms with Crippen molar-refractivity contribution in [3.8, 4) is 5.75 Å². The molecule has 0 spiro atoms. The van der Waals surface area contributed by atoms with E-state index in [0.29, 0.717) is 19.4 Å². The molecule has 1 saturated heterocycles. The lowest BCUT2D eigenvalue weighted by molar-refractivity contribution is -0.121. The molecule has 0 radical (unpaired) electrons. The Morgan fingerprint density at radius 1 is 1.03 bits per heavy atom. The molecule has 32 heavy (non-hydrogen) atoms. The Balaban J connectivity index is 1.16. The highest BCUT2D eigenvalue weighted by atomic mass is 16.5. The van der Waals surface area contributed by atoms with Gasteiger partial charge in [0.1, 0.15) is 12.4 Å². The molecule has 6 nitrogen and oxygen atoms in total. The summed E-state index contributed by atoms with van der Waals surface area (Å²) in [4.78, 5) is 16.9. The maximum absolute atomic E-state index is 12.3. The van der Waals surface area contributed by atoms with Crippen LogP contribution >= 0.6 is 0 Å². The molecule has 0 saturated carbocycles. The SMILES string of the molecule is O=C(CCC(O)CN1CCc2ccccc2C1)COc1cccc(CN2CCOCC2)c1. The van der Waals surface area contributed by atoms with Crippen LogP contribution in [0, 0.1) is 0 Å². The third kappa shape index (κ3) is 6.87. The fourth-order valence-corrected chi connectivity index (χ4v) is 4.41. The van der Waals surface area contributed by atoms with E-state index in [1.54, 1.807) is 0 Å². The minimum Gasteiger partial charge on any atom is -0.486 e. The topological polar surface area (TPSA) is 62.2 Å². The highest BCUT2D eigenvalue weighted by molar-refractivity contribution is 5.79. The number of aliphatic hydroxyl groups excluding tert-OH is 1. The maximum Gasteiger partial charge on any atom is 0.170 e. The number of aliphatic hydroxyl groups is 1. The lowest BCUT2D eigenvalue weighted by atomic mass is 9.99. The van der Waals surface area contributed by atoms with Crippen molar-refractivity contribution in [3.63, 3.8) is 0 Å². The van der Waals surface area contributed by atoms with Gasteiger partial charge in [-0.25, -0.2) is 0 Å². The standard InChI is InChI=1S/C26H34N2O4/c29-24(19-28-11-10-22-5-1-2-6-23(22)18-28)8-9-25(30)20-32-26-7-3-4-21(16-26)17-27-12-14-31-15-13-27/h1-7,16,24,29H,8-15,17-20H2. The molecule has 2 aromatic rings. The summed E-state index contributed by atoms with van der Waals surface area (Å²) in [6, 6.07) is 16.4. The predicted octanol–water partition coefficient (Wildman–Crippen LogP) is 2.67. The number of nitrogens with zero attached hydrogens (tertiary/aromatic N) is 2. The number of fused-ring (bicyclic) bond motifs is 1. The highest BCUT2D eigenvalue weighted by Gasteiger charge is 2.19. The molecule has 0 amide bonds. The molecule has 0 aromatic heterocycles. The molecule has 4 rings (SSSR count). The van der Waals surface area contributed by atoms with E-state index < -0.39 is 6.10 Å². The Morgan fingerprint density at radius 2 is 1.84 bits per heavy atom. The van der Waals surface area contributed by atoms with Crippen molar-refractivity contribution in [1.29, 1.82) is 0 Å². The molecular formula is C26H34N2O4. The number of ether oxygens (including phenoxy) is 2. The lowest BCUT2D eigenvalue weighted by Gasteiger charge is -2.30. The Kier molecular flexibility index (Phi) is 8.29. The minimum atomic E-state index is -0.499. The number of hydrogen-bond acceptors (Lipinski definition) is 6. The second kappa shape index (κ2) is 11.6. The Morgan fingerprint density at radius 3 is 2.69 bits per heavy atom. The number of ketones is 1. The van der Waals surface area contributed by atoms with Crippen molar-refractivity contribution >= 4 is 5.78 Å². The van der Waals surface area contributed by atoms with Crippen LogP contribution in [0.4, 0.5) is 0 Å².